The second-order valence-electron chi connectivity index (χ2n) is 4.17. The van der Waals surface area contributed by atoms with Crippen LogP contribution < -0.4 is 5.32 Å². The zero-order valence-electron chi connectivity index (χ0n) is 10.5. The molecule has 0 fully saturated rings. The molecule has 0 aliphatic rings. The Morgan fingerprint density at radius 2 is 2.11 bits per heavy atom. The summed E-state index contributed by atoms with van der Waals surface area (Å²) in [6, 6.07) is 4.60. The maximum Gasteiger partial charge on any atom is 0.417 e. The molecule has 0 spiro atoms. The van der Waals surface area contributed by atoms with Gasteiger partial charge in [0.2, 0.25) is 5.91 Å². The van der Waals surface area contributed by atoms with Crippen molar-refractivity contribution in [1.82, 2.24) is 0 Å². The summed E-state index contributed by atoms with van der Waals surface area (Å²) in [7, 11) is 0. The number of amides is 1. The highest BCUT2D eigenvalue weighted by molar-refractivity contribution is 5.92. The van der Waals surface area contributed by atoms with Gasteiger partial charge in [-0.1, -0.05) is 13.8 Å². The van der Waals surface area contributed by atoms with Crippen LogP contribution in [0.15, 0.2) is 18.2 Å². The lowest BCUT2D eigenvalue weighted by Crippen LogP contribution is -2.20. The van der Waals surface area contributed by atoms with Crippen molar-refractivity contribution in [2.45, 2.75) is 26.4 Å². The fraction of sp³-hybridized carbons (Fsp3) is 0.385. The second-order valence-corrected chi connectivity index (χ2v) is 4.17. The number of nitrogens with one attached hydrogen (secondary N) is 1. The van der Waals surface area contributed by atoms with Crippen molar-refractivity contribution >= 4 is 11.6 Å². The van der Waals surface area contributed by atoms with Gasteiger partial charge in [0.25, 0.3) is 0 Å². The van der Waals surface area contributed by atoms with Crippen LogP contribution in [0, 0.1) is 17.2 Å². The van der Waals surface area contributed by atoms with E-state index in [2.05, 4.69) is 5.32 Å². The number of nitriles is 1. The van der Waals surface area contributed by atoms with Crippen molar-refractivity contribution in [2.75, 3.05) is 5.32 Å². The van der Waals surface area contributed by atoms with E-state index in [0.717, 1.165) is 12.1 Å². The molecule has 0 saturated heterocycles. The van der Waals surface area contributed by atoms with E-state index in [0.29, 0.717) is 6.42 Å². The van der Waals surface area contributed by atoms with Gasteiger partial charge in [-0.15, -0.1) is 0 Å². The van der Waals surface area contributed by atoms with Gasteiger partial charge in [-0.3, -0.25) is 4.79 Å². The van der Waals surface area contributed by atoms with Crippen LogP contribution >= 0.6 is 0 Å². The first-order valence-corrected chi connectivity index (χ1v) is 5.71. The predicted octanol–water partition coefficient (Wildman–Crippen LogP) is 3.56. The Bertz CT molecular complexity index is 518. The minimum Gasteiger partial charge on any atom is -0.326 e. The normalized spacial score (nSPS) is 12.6. The molecule has 6 heteroatoms. The van der Waals surface area contributed by atoms with Crippen LogP contribution in [-0.2, 0) is 11.0 Å². The SMILES string of the molecule is CCC(C)C(=O)Nc1ccc(C#N)c(C(F)(F)F)c1. The number of anilines is 1. The Morgan fingerprint density at radius 1 is 1.47 bits per heavy atom. The minimum absolute atomic E-state index is 0.0385. The Labute approximate surface area is 109 Å². The third kappa shape index (κ3) is 3.71. The van der Waals surface area contributed by atoms with Gasteiger partial charge in [-0.2, -0.15) is 18.4 Å². The first kappa shape index (κ1) is 15.0. The molecule has 0 radical (unpaired) electrons. The van der Waals surface area contributed by atoms with Gasteiger partial charge >= 0.3 is 6.18 Å². The summed E-state index contributed by atoms with van der Waals surface area (Å²) in [5.41, 5.74) is -1.47. The van der Waals surface area contributed by atoms with Crippen molar-refractivity contribution in [3.05, 3.63) is 29.3 Å². The predicted molar refractivity (Wildman–Crippen MR) is 64.2 cm³/mol. The number of benzene rings is 1. The summed E-state index contributed by atoms with van der Waals surface area (Å²) in [4.78, 5) is 11.6. The van der Waals surface area contributed by atoms with Gasteiger partial charge in [0, 0.05) is 11.6 Å². The lowest BCUT2D eigenvalue weighted by atomic mass is 10.1. The van der Waals surface area contributed by atoms with Crippen LogP contribution in [0.1, 0.15) is 31.4 Å². The molecule has 1 unspecified atom stereocenters. The zero-order chi connectivity index (χ0) is 14.6. The van der Waals surface area contributed by atoms with E-state index in [1.807, 2.05) is 6.92 Å². The van der Waals surface area contributed by atoms with Gasteiger partial charge in [-0.25, -0.2) is 0 Å². The van der Waals surface area contributed by atoms with E-state index in [1.54, 1.807) is 6.92 Å². The van der Waals surface area contributed by atoms with Gasteiger partial charge in [-0.05, 0) is 24.6 Å². The molecule has 1 atom stereocenters. The quantitative estimate of drug-likeness (QED) is 0.913. The highest BCUT2D eigenvalue weighted by atomic mass is 19.4. The van der Waals surface area contributed by atoms with Gasteiger partial charge < -0.3 is 5.32 Å². The van der Waals surface area contributed by atoms with Crippen LogP contribution in [0.25, 0.3) is 0 Å². The summed E-state index contributed by atoms with van der Waals surface area (Å²) in [6.45, 7) is 3.49. The van der Waals surface area contributed by atoms with Crippen molar-refractivity contribution in [1.29, 1.82) is 5.26 Å². The number of nitrogens with zero attached hydrogens (tertiary/aromatic N) is 1. The number of hydrogen-bond acceptors (Lipinski definition) is 2. The summed E-state index contributed by atoms with van der Waals surface area (Å²) in [6.07, 6.45) is -4.03. The molecule has 0 heterocycles. The van der Waals surface area contributed by atoms with E-state index in [-0.39, 0.29) is 17.5 Å². The summed E-state index contributed by atoms with van der Waals surface area (Å²) in [5.74, 6) is -0.634. The Hall–Kier alpha value is -2.03. The molecule has 1 aromatic carbocycles. The summed E-state index contributed by atoms with van der Waals surface area (Å²) < 4.78 is 38.1. The molecule has 1 amide bonds. The van der Waals surface area contributed by atoms with E-state index < -0.39 is 17.3 Å². The van der Waals surface area contributed by atoms with Crippen molar-refractivity contribution in [3.8, 4) is 6.07 Å². The van der Waals surface area contributed by atoms with Crippen LogP contribution in [0.4, 0.5) is 18.9 Å². The molecule has 0 aliphatic heterocycles. The average Bonchev–Trinajstić information content (AvgIpc) is 2.36. The first-order valence-electron chi connectivity index (χ1n) is 5.71. The van der Waals surface area contributed by atoms with Crippen LogP contribution in [0.2, 0.25) is 0 Å². The third-order valence-corrected chi connectivity index (χ3v) is 2.77. The maximum atomic E-state index is 12.7. The van der Waals surface area contributed by atoms with Gasteiger partial charge in [0.15, 0.2) is 0 Å². The van der Waals surface area contributed by atoms with Crippen LogP contribution in [-0.4, -0.2) is 5.91 Å². The maximum absolute atomic E-state index is 12.7. The van der Waals surface area contributed by atoms with Crippen LogP contribution in [0.5, 0.6) is 0 Å². The monoisotopic (exact) mass is 270 g/mol. The Balaban J connectivity index is 3.07. The summed E-state index contributed by atoms with van der Waals surface area (Å²) >= 11 is 0. The molecule has 19 heavy (non-hydrogen) atoms. The Morgan fingerprint density at radius 3 is 2.58 bits per heavy atom. The van der Waals surface area contributed by atoms with E-state index in [4.69, 9.17) is 5.26 Å². The molecule has 0 aromatic heterocycles. The number of alkyl halides is 3. The lowest BCUT2D eigenvalue weighted by Gasteiger charge is -2.13. The molecule has 1 aromatic rings. The molecule has 0 aliphatic carbocycles. The standard InChI is InChI=1S/C13H13F3N2O/c1-3-8(2)12(19)18-10-5-4-9(7-17)11(6-10)13(14,15)16/h4-6,8H,3H2,1-2H3,(H,18,19). The van der Waals surface area contributed by atoms with E-state index >= 15 is 0 Å². The molecular formula is C13H13F3N2O. The average molecular weight is 270 g/mol. The molecule has 1 rings (SSSR count). The topological polar surface area (TPSA) is 52.9 Å². The Kier molecular flexibility index (Phi) is 4.54. The molecule has 3 nitrogen and oxygen atoms in total. The first-order chi connectivity index (χ1) is 8.79. The molecule has 0 bridgehead atoms. The lowest BCUT2D eigenvalue weighted by molar-refractivity contribution is -0.137. The largest absolute Gasteiger partial charge is 0.417 e. The van der Waals surface area contributed by atoms with E-state index in [1.165, 1.54) is 12.1 Å². The third-order valence-electron chi connectivity index (χ3n) is 2.77. The molecule has 102 valence electrons. The molecule has 0 saturated carbocycles. The highest BCUT2D eigenvalue weighted by Gasteiger charge is 2.34. The van der Waals surface area contributed by atoms with Gasteiger partial charge in [0.05, 0.1) is 17.2 Å². The minimum atomic E-state index is -4.62. The van der Waals surface area contributed by atoms with Crippen LogP contribution in [0.3, 0.4) is 0 Å². The summed E-state index contributed by atoms with van der Waals surface area (Å²) in [5, 5.41) is 11.1. The smallest absolute Gasteiger partial charge is 0.326 e. The van der Waals surface area contributed by atoms with Crippen molar-refractivity contribution in [3.63, 3.8) is 0 Å². The highest BCUT2D eigenvalue weighted by Crippen LogP contribution is 2.33. The fourth-order valence-corrected chi connectivity index (χ4v) is 1.40. The molecular weight excluding hydrogens is 257 g/mol. The number of carbonyl (C=O) groups is 1. The fourth-order valence-electron chi connectivity index (χ4n) is 1.40. The number of carbonyl (C=O) groups excluding carboxylic acids is 1. The second kappa shape index (κ2) is 5.74. The van der Waals surface area contributed by atoms with Crippen molar-refractivity contribution in [2.24, 2.45) is 5.92 Å². The van der Waals surface area contributed by atoms with Gasteiger partial charge in [0.1, 0.15) is 0 Å². The molecule has 1 N–H and O–H groups in total. The van der Waals surface area contributed by atoms with Crippen molar-refractivity contribution < 1.29 is 18.0 Å². The number of rotatable bonds is 3. The zero-order valence-corrected chi connectivity index (χ0v) is 10.5. The van der Waals surface area contributed by atoms with E-state index in [9.17, 15) is 18.0 Å². The number of halogens is 3. The number of hydrogen-bond donors (Lipinski definition) is 1.